The Balaban J connectivity index is 1.40. The van der Waals surface area contributed by atoms with E-state index in [1.165, 1.54) is 45.1 Å². The van der Waals surface area contributed by atoms with Gasteiger partial charge in [-0.15, -0.1) is 0 Å². The first-order chi connectivity index (χ1) is 24.0. The van der Waals surface area contributed by atoms with Crippen LogP contribution in [0.25, 0.3) is 0 Å². The highest BCUT2D eigenvalue weighted by molar-refractivity contribution is 6.32. The monoisotopic (exact) mass is 695 g/mol. The number of Topliss-reactive ketones (excluding diaryl/α,β-unsaturated/α-hetero) is 1. The second-order valence-corrected chi connectivity index (χ2v) is 15.5. The van der Waals surface area contributed by atoms with Crippen molar-refractivity contribution >= 4 is 40.4 Å². The van der Waals surface area contributed by atoms with Gasteiger partial charge in [-0.25, -0.2) is 0 Å². The minimum absolute atomic E-state index is 0.129. The number of fused-ring (bicyclic) bond motifs is 2. The molecule has 0 saturated carbocycles. The summed E-state index contributed by atoms with van der Waals surface area (Å²) in [5.74, 6) is -0.369. The molecule has 5 rings (SSSR count). The van der Waals surface area contributed by atoms with Gasteiger partial charge in [0.2, 0.25) is 5.69 Å². The molecule has 0 amide bonds. The van der Waals surface area contributed by atoms with Crippen LogP contribution in [0.3, 0.4) is 0 Å². The van der Waals surface area contributed by atoms with E-state index in [0.29, 0.717) is 25.0 Å². The standard InChI is InChI=1S/C44H55ClN2O3/c1-6-34(48)20-9-7-15-30-46-37-23-13-11-21-35(37)43(2,3)39(46)28-26-32-18-17-19-33(42(32)45)27-29-40-44(4,5)36-22-12-14-24-38(36)47(40)31-16-8-10-25-41(49)50/h11-14,21-24,26-29H,6-10,15-20,25,30-31H2,1-5H3/p+1. The lowest BCUT2D eigenvalue weighted by Crippen LogP contribution is -2.28. The molecule has 0 spiro atoms. The molecule has 0 unspecified atom stereocenters. The normalized spacial score (nSPS) is 19.6. The van der Waals surface area contributed by atoms with Gasteiger partial charge in [0.1, 0.15) is 12.3 Å². The van der Waals surface area contributed by atoms with Gasteiger partial charge < -0.3 is 10.0 Å². The minimum atomic E-state index is -0.725. The fourth-order valence-electron chi connectivity index (χ4n) is 8.00. The Morgan fingerprint density at radius 2 is 1.54 bits per heavy atom. The average molecular weight is 696 g/mol. The molecule has 2 aliphatic heterocycles. The summed E-state index contributed by atoms with van der Waals surface area (Å²) in [7, 11) is 0. The Labute approximate surface area is 305 Å². The van der Waals surface area contributed by atoms with Gasteiger partial charge in [0.15, 0.2) is 5.71 Å². The number of hydrogen-bond acceptors (Lipinski definition) is 3. The maximum absolute atomic E-state index is 11.8. The van der Waals surface area contributed by atoms with E-state index in [1.807, 2.05) is 6.92 Å². The van der Waals surface area contributed by atoms with Crippen LogP contribution in [0.1, 0.15) is 123 Å². The first-order valence-electron chi connectivity index (χ1n) is 18.8. The highest BCUT2D eigenvalue weighted by atomic mass is 35.5. The number of carbonyl (C=O) groups is 2. The van der Waals surface area contributed by atoms with Crippen LogP contribution in [-0.4, -0.2) is 40.2 Å². The van der Waals surface area contributed by atoms with E-state index in [-0.39, 0.29) is 17.3 Å². The molecule has 2 aromatic rings. The third-order valence-corrected chi connectivity index (χ3v) is 11.4. The van der Waals surface area contributed by atoms with Gasteiger partial charge in [-0.05, 0) is 87.6 Å². The zero-order valence-corrected chi connectivity index (χ0v) is 31.6. The topological polar surface area (TPSA) is 60.6 Å². The Hall–Kier alpha value is -3.70. The predicted molar refractivity (Wildman–Crippen MR) is 208 cm³/mol. The summed E-state index contributed by atoms with van der Waals surface area (Å²) in [6.45, 7) is 13.0. The van der Waals surface area contributed by atoms with Crippen LogP contribution in [0.5, 0.6) is 0 Å². The van der Waals surface area contributed by atoms with E-state index in [4.69, 9.17) is 16.7 Å². The maximum atomic E-state index is 11.8. The van der Waals surface area contributed by atoms with Gasteiger partial charge in [0.25, 0.3) is 0 Å². The third-order valence-electron chi connectivity index (χ3n) is 10.9. The molecule has 0 radical (unpaired) electrons. The third kappa shape index (κ3) is 8.26. The number of anilines is 1. The molecule has 2 heterocycles. The van der Waals surface area contributed by atoms with Gasteiger partial charge in [0.05, 0.1) is 5.41 Å². The number of carboxylic acid groups (broad SMARTS) is 1. The van der Waals surface area contributed by atoms with Crippen molar-refractivity contribution in [1.82, 2.24) is 0 Å². The van der Waals surface area contributed by atoms with Crippen molar-refractivity contribution in [3.05, 3.63) is 106 Å². The number of carbonyl (C=O) groups excluding carboxylic acids is 1. The molecular formula is C44H56ClN2O3+. The Kier molecular flexibility index (Phi) is 12.4. The number of benzene rings is 2. The summed E-state index contributed by atoms with van der Waals surface area (Å²) in [5.41, 5.74) is 9.82. The lowest BCUT2D eigenvalue weighted by atomic mass is 9.81. The molecule has 0 saturated heterocycles. The van der Waals surface area contributed by atoms with Crippen LogP contribution in [0.4, 0.5) is 11.4 Å². The number of carboxylic acids is 1. The number of allylic oxidation sites excluding steroid dienone is 8. The molecule has 3 aliphatic rings. The fourth-order valence-corrected chi connectivity index (χ4v) is 8.31. The van der Waals surface area contributed by atoms with Gasteiger partial charge in [-0.2, -0.15) is 4.58 Å². The Bertz CT molecular complexity index is 1740. The highest BCUT2D eigenvalue weighted by Crippen LogP contribution is 2.48. The average Bonchev–Trinajstić information content (AvgIpc) is 3.45. The summed E-state index contributed by atoms with van der Waals surface area (Å²) in [5, 5.41) is 9.93. The Morgan fingerprint density at radius 3 is 2.30 bits per heavy atom. The SMILES string of the molecule is CCC(=O)CCCCC[N+]1=C(C=CC2=C(Cl)C(=CC=C3N(CCCCCC(=O)O)c4ccccc4C3(C)C)CCC2)C(C)(C)c2ccccc21. The molecule has 6 heteroatoms. The number of halogens is 1. The first-order valence-corrected chi connectivity index (χ1v) is 19.2. The lowest BCUT2D eigenvalue weighted by molar-refractivity contribution is -0.438. The van der Waals surface area contributed by atoms with E-state index in [2.05, 4.69) is 110 Å². The van der Waals surface area contributed by atoms with Crippen molar-refractivity contribution in [1.29, 1.82) is 0 Å². The van der Waals surface area contributed by atoms with Crippen LogP contribution in [0.2, 0.25) is 0 Å². The largest absolute Gasteiger partial charge is 0.481 e. The molecule has 0 atom stereocenters. The van der Waals surface area contributed by atoms with Crippen LogP contribution in [0, 0.1) is 0 Å². The molecule has 1 aliphatic carbocycles. The summed E-state index contributed by atoms with van der Waals surface area (Å²) in [6.07, 6.45) is 19.2. The first kappa shape index (κ1) is 37.6. The van der Waals surface area contributed by atoms with E-state index >= 15 is 0 Å². The lowest BCUT2D eigenvalue weighted by Gasteiger charge is -2.27. The van der Waals surface area contributed by atoms with Crippen molar-refractivity contribution in [2.45, 2.75) is 122 Å². The molecule has 5 nitrogen and oxygen atoms in total. The zero-order valence-electron chi connectivity index (χ0n) is 30.9. The van der Waals surface area contributed by atoms with Gasteiger partial charge in [-0.1, -0.05) is 87.3 Å². The summed E-state index contributed by atoms with van der Waals surface area (Å²) in [6, 6.07) is 17.4. The highest BCUT2D eigenvalue weighted by Gasteiger charge is 2.44. The fraction of sp³-hybridized carbons (Fsp3) is 0.477. The number of unbranched alkanes of at least 4 members (excludes halogenated alkanes) is 4. The molecule has 2 aromatic carbocycles. The van der Waals surface area contributed by atoms with E-state index in [9.17, 15) is 9.59 Å². The van der Waals surface area contributed by atoms with Crippen molar-refractivity contribution in [3.8, 4) is 0 Å². The van der Waals surface area contributed by atoms with E-state index in [0.717, 1.165) is 69.5 Å². The van der Waals surface area contributed by atoms with Crippen molar-refractivity contribution in [3.63, 3.8) is 0 Å². The quantitative estimate of drug-likeness (QED) is 0.140. The number of aliphatic carboxylic acids is 1. The van der Waals surface area contributed by atoms with Gasteiger partial charge in [-0.3, -0.25) is 9.59 Å². The van der Waals surface area contributed by atoms with E-state index < -0.39 is 5.97 Å². The number of hydrogen-bond donors (Lipinski definition) is 1. The number of para-hydroxylation sites is 2. The maximum Gasteiger partial charge on any atom is 0.303 e. The summed E-state index contributed by atoms with van der Waals surface area (Å²) < 4.78 is 2.49. The zero-order chi connectivity index (χ0) is 35.9. The summed E-state index contributed by atoms with van der Waals surface area (Å²) >= 11 is 7.23. The van der Waals surface area contributed by atoms with Gasteiger partial charge in [0, 0.05) is 71.8 Å². The molecule has 0 bridgehead atoms. The summed E-state index contributed by atoms with van der Waals surface area (Å²) in [4.78, 5) is 25.3. The molecule has 0 fully saturated rings. The Morgan fingerprint density at radius 1 is 0.840 bits per heavy atom. The van der Waals surface area contributed by atoms with Crippen LogP contribution in [0.15, 0.2) is 94.7 Å². The second kappa shape index (κ2) is 16.5. The molecular weight excluding hydrogens is 640 g/mol. The number of nitrogens with zero attached hydrogens (tertiary/aromatic N) is 2. The minimum Gasteiger partial charge on any atom is -0.481 e. The van der Waals surface area contributed by atoms with Crippen molar-refractivity contribution in [2.75, 3.05) is 18.0 Å². The van der Waals surface area contributed by atoms with Crippen molar-refractivity contribution < 1.29 is 19.3 Å². The van der Waals surface area contributed by atoms with Crippen LogP contribution >= 0.6 is 11.6 Å². The smallest absolute Gasteiger partial charge is 0.303 e. The van der Waals surface area contributed by atoms with Crippen LogP contribution in [-0.2, 0) is 20.4 Å². The van der Waals surface area contributed by atoms with E-state index in [1.54, 1.807) is 0 Å². The number of ketones is 1. The molecule has 266 valence electrons. The van der Waals surface area contributed by atoms with Crippen LogP contribution < -0.4 is 4.90 Å². The van der Waals surface area contributed by atoms with Gasteiger partial charge >= 0.3 is 5.97 Å². The predicted octanol–water partition coefficient (Wildman–Crippen LogP) is 11.1. The molecule has 1 N–H and O–H groups in total. The molecule has 0 aromatic heterocycles. The van der Waals surface area contributed by atoms with Crippen molar-refractivity contribution in [2.24, 2.45) is 0 Å². The molecule has 50 heavy (non-hydrogen) atoms. The number of rotatable bonds is 16. The second-order valence-electron chi connectivity index (χ2n) is 15.2.